The highest BCUT2D eigenvalue weighted by molar-refractivity contribution is 7.99. The number of amides is 1. The zero-order valence-corrected chi connectivity index (χ0v) is 16.1. The van der Waals surface area contributed by atoms with Crippen molar-refractivity contribution in [3.05, 3.63) is 59.9 Å². The number of benzene rings is 2. The lowest BCUT2D eigenvalue weighted by Gasteiger charge is -2.07. The molecule has 28 heavy (non-hydrogen) atoms. The van der Waals surface area contributed by atoms with Gasteiger partial charge >= 0.3 is 0 Å². The maximum atomic E-state index is 13.6. The Bertz CT molecular complexity index is 946. The van der Waals surface area contributed by atoms with Crippen molar-refractivity contribution in [2.75, 3.05) is 18.2 Å². The third-order valence-corrected chi connectivity index (χ3v) is 4.80. The van der Waals surface area contributed by atoms with Crippen LogP contribution >= 0.6 is 11.8 Å². The van der Waals surface area contributed by atoms with E-state index in [0.717, 1.165) is 23.1 Å². The lowest BCUT2D eigenvalue weighted by molar-refractivity contribution is -0.118. The number of carbonyl (C=O) groups excluding carboxylic acids is 1. The van der Waals surface area contributed by atoms with Gasteiger partial charge in [-0.05, 0) is 37.3 Å². The Balaban J connectivity index is 1.56. The van der Waals surface area contributed by atoms with Gasteiger partial charge in [0, 0.05) is 17.7 Å². The van der Waals surface area contributed by atoms with E-state index in [9.17, 15) is 9.18 Å². The molecule has 0 saturated heterocycles. The molecule has 1 aromatic heterocycles. The first-order valence-corrected chi connectivity index (χ1v) is 9.63. The number of nitrogen functional groups attached to an aromatic ring is 1. The molecule has 0 aliphatic rings. The number of ether oxygens (including phenoxy) is 1. The molecule has 3 aromatic rings. The summed E-state index contributed by atoms with van der Waals surface area (Å²) < 4.78 is 20.3. The summed E-state index contributed by atoms with van der Waals surface area (Å²) in [5.41, 5.74) is 1.22. The number of carbonyl (C=O) groups is 1. The van der Waals surface area contributed by atoms with Gasteiger partial charge in [0.15, 0.2) is 5.82 Å². The van der Waals surface area contributed by atoms with Crippen LogP contribution in [0.3, 0.4) is 0 Å². The molecule has 0 bridgehead atoms. The average Bonchev–Trinajstić information content (AvgIpc) is 3.07. The summed E-state index contributed by atoms with van der Waals surface area (Å²) in [7, 11) is 0. The fraction of sp³-hybridized carbons (Fsp3) is 0.211. The van der Waals surface area contributed by atoms with E-state index >= 15 is 0 Å². The van der Waals surface area contributed by atoms with Crippen molar-refractivity contribution < 1.29 is 13.9 Å². The van der Waals surface area contributed by atoms with Gasteiger partial charge < -0.3 is 15.9 Å². The number of nitrogens with two attached hydrogens (primary N) is 1. The highest BCUT2D eigenvalue weighted by Gasteiger charge is 2.14. The molecule has 0 saturated carbocycles. The highest BCUT2D eigenvalue weighted by atomic mass is 32.2. The number of aromatic nitrogens is 3. The maximum Gasteiger partial charge on any atom is 0.230 e. The van der Waals surface area contributed by atoms with Crippen molar-refractivity contribution in [2.24, 2.45) is 0 Å². The van der Waals surface area contributed by atoms with Crippen molar-refractivity contribution in [3.63, 3.8) is 0 Å². The smallest absolute Gasteiger partial charge is 0.230 e. The number of rotatable bonds is 8. The molecule has 3 rings (SSSR count). The second kappa shape index (κ2) is 9.23. The van der Waals surface area contributed by atoms with E-state index in [0.29, 0.717) is 23.2 Å². The van der Waals surface area contributed by atoms with Crippen molar-refractivity contribution in [1.29, 1.82) is 0 Å². The Morgan fingerprint density at radius 2 is 1.96 bits per heavy atom. The molecule has 3 N–H and O–H groups in total. The van der Waals surface area contributed by atoms with E-state index in [1.165, 1.54) is 10.7 Å². The second-order valence-corrected chi connectivity index (χ2v) is 6.73. The average molecular weight is 401 g/mol. The van der Waals surface area contributed by atoms with Gasteiger partial charge in [-0.3, -0.25) is 4.79 Å². The zero-order chi connectivity index (χ0) is 19.9. The molecule has 1 heterocycles. The summed E-state index contributed by atoms with van der Waals surface area (Å²) in [6.45, 7) is 2.63. The van der Waals surface area contributed by atoms with E-state index in [-0.39, 0.29) is 24.0 Å². The minimum Gasteiger partial charge on any atom is -0.494 e. The topological polar surface area (TPSA) is 95.1 Å². The summed E-state index contributed by atoms with van der Waals surface area (Å²) in [6.07, 6.45) is 0. The molecule has 0 aliphatic heterocycles. The van der Waals surface area contributed by atoms with Crippen molar-refractivity contribution in [2.45, 2.75) is 18.6 Å². The Labute approximate surface area is 166 Å². The number of hydrogen-bond acceptors (Lipinski definition) is 6. The molecular formula is C19H20FN5O2S. The maximum absolute atomic E-state index is 13.6. The minimum absolute atomic E-state index is 0.0903. The SMILES string of the molecule is CCOc1ccc(-c2nnc(SCC(=O)NCc3ccccc3F)n2N)cc1. The lowest BCUT2D eigenvalue weighted by Crippen LogP contribution is -2.25. The Kier molecular flexibility index (Phi) is 6.49. The second-order valence-electron chi connectivity index (χ2n) is 5.79. The molecular weight excluding hydrogens is 381 g/mol. The largest absolute Gasteiger partial charge is 0.494 e. The molecule has 0 radical (unpaired) electrons. The number of nitrogens with one attached hydrogen (secondary N) is 1. The number of hydrogen-bond donors (Lipinski definition) is 2. The number of halogens is 1. The number of thioether (sulfide) groups is 1. The molecule has 0 spiro atoms. The molecule has 1 amide bonds. The summed E-state index contributed by atoms with van der Waals surface area (Å²) in [6, 6.07) is 13.7. The Morgan fingerprint density at radius 3 is 2.68 bits per heavy atom. The van der Waals surface area contributed by atoms with Gasteiger partial charge in [-0.1, -0.05) is 30.0 Å². The van der Waals surface area contributed by atoms with Crippen LogP contribution in [0.2, 0.25) is 0 Å². The van der Waals surface area contributed by atoms with Gasteiger partial charge in [-0.2, -0.15) is 0 Å². The van der Waals surface area contributed by atoms with Gasteiger partial charge in [-0.15, -0.1) is 10.2 Å². The fourth-order valence-corrected chi connectivity index (χ4v) is 3.14. The molecule has 0 atom stereocenters. The van der Waals surface area contributed by atoms with Crippen LogP contribution in [0.25, 0.3) is 11.4 Å². The van der Waals surface area contributed by atoms with Crippen molar-refractivity contribution in [1.82, 2.24) is 20.2 Å². The standard InChI is InChI=1S/C19H20FN5O2S/c1-2-27-15-9-7-13(8-10-15)18-23-24-19(25(18)21)28-12-17(26)22-11-14-5-3-4-6-16(14)20/h3-10H,2,11-12,21H2,1H3,(H,22,26). The molecule has 0 fully saturated rings. The minimum atomic E-state index is -0.350. The monoisotopic (exact) mass is 401 g/mol. The number of nitrogens with zero attached hydrogens (tertiary/aromatic N) is 3. The predicted octanol–water partition coefficient (Wildman–Crippen LogP) is 2.61. The first-order chi connectivity index (χ1) is 13.6. The van der Waals surface area contributed by atoms with E-state index in [2.05, 4.69) is 15.5 Å². The van der Waals surface area contributed by atoms with Crippen LogP contribution in [0.4, 0.5) is 4.39 Å². The van der Waals surface area contributed by atoms with Gasteiger partial charge in [0.25, 0.3) is 0 Å². The van der Waals surface area contributed by atoms with Crippen LogP contribution in [-0.2, 0) is 11.3 Å². The van der Waals surface area contributed by atoms with Crippen LogP contribution in [0.15, 0.2) is 53.7 Å². The van der Waals surface area contributed by atoms with E-state index in [4.69, 9.17) is 10.6 Å². The zero-order valence-electron chi connectivity index (χ0n) is 15.3. The molecule has 0 unspecified atom stereocenters. The van der Waals surface area contributed by atoms with Gasteiger partial charge in [0.05, 0.1) is 12.4 Å². The Hall–Kier alpha value is -3.07. The van der Waals surface area contributed by atoms with Gasteiger partial charge in [0.2, 0.25) is 11.1 Å². The molecule has 9 heteroatoms. The summed E-state index contributed by atoms with van der Waals surface area (Å²) in [4.78, 5) is 12.0. The van der Waals surface area contributed by atoms with Gasteiger partial charge in [0.1, 0.15) is 11.6 Å². The van der Waals surface area contributed by atoms with Crippen LogP contribution in [0, 0.1) is 5.82 Å². The lowest BCUT2D eigenvalue weighted by atomic mass is 10.2. The Morgan fingerprint density at radius 1 is 1.21 bits per heavy atom. The summed E-state index contributed by atoms with van der Waals surface area (Å²) in [5.74, 6) is 6.79. The third-order valence-electron chi connectivity index (χ3n) is 3.85. The van der Waals surface area contributed by atoms with E-state index in [1.807, 2.05) is 31.2 Å². The molecule has 146 valence electrons. The predicted molar refractivity (Wildman–Crippen MR) is 106 cm³/mol. The van der Waals surface area contributed by atoms with Crippen LogP contribution in [-0.4, -0.2) is 33.1 Å². The van der Waals surface area contributed by atoms with Crippen LogP contribution < -0.4 is 15.9 Å². The molecule has 0 aliphatic carbocycles. The third kappa shape index (κ3) is 4.80. The first kappa shape index (κ1) is 19.7. The van der Waals surface area contributed by atoms with Gasteiger partial charge in [-0.25, -0.2) is 9.07 Å². The fourth-order valence-electron chi connectivity index (χ4n) is 2.46. The molecule has 7 nitrogen and oxygen atoms in total. The van der Waals surface area contributed by atoms with E-state index < -0.39 is 0 Å². The van der Waals surface area contributed by atoms with E-state index in [1.54, 1.807) is 18.2 Å². The van der Waals surface area contributed by atoms with Crippen molar-refractivity contribution >= 4 is 17.7 Å². The highest BCUT2D eigenvalue weighted by Crippen LogP contribution is 2.23. The van der Waals surface area contributed by atoms with Crippen LogP contribution in [0.5, 0.6) is 5.75 Å². The van der Waals surface area contributed by atoms with Crippen LogP contribution in [0.1, 0.15) is 12.5 Å². The summed E-state index contributed by atoms with van der Waals surface area (Å²) in [5, 5.41) is 11.2. The van der Waals surface area contributed by atoms with Crippen molar-refractivity contribution in [3.8, 4) is 17.1 Å². The first-order valence-electron chi connectivity index (χ1n) is 8.65. The molecule has 2 aromatic carbocycles. The quantitative estimate of drug-likeness (QED) is 0.445. The normalized spacial score (nSPS) is 10.6. The summed E-state index contributed by atoms with van der Waals surface area (Å²) >= 11 is 1.16.